The third-order valence-corrected chi connectivity index (χ3v) is 3.86. The lowest BCUT2D eigenvalue weighted by Gasteiger charge is -2.14. The second kappa shape index (κ2) is 5.74. The van der Waals surface area contributed by atoms with Crippen LogP contribution in [0, 0.1) is 0 Å². The summed E-state index contributed by atoms with van der Waals surface area (Å²) in [6.07, 6.45) is 7.27. The first kappa shape index (κ1) is 13.9. The summed E-state index contributed by atoms with van der Waals surface area (Å²) in [5.74, 6) is 0.891. The van der Waals surface area contributed by atoms with Crippen molar-refractivity contribution in [2.45, 2.75) is 20.3 Å². The van der Waals surface area contributed by atoms with Crippen molar-refractivity contribution in [1.82, 2.24) is 0 Å². The van der Waals surface area contributed by atoms with Gasteiger partial charge in [-0.3, -0.25) is 0 Å². The lowest BCUT2D eigenvalue weighted by Crippen LogP contribution is -2.00. The third-order valence-electron chi connectivity index (χ3n) is 3.86. The van der Waals surface area contributed by atoms with Crippen LogP contribution in [-0.4, -0.2) is 18.3 Å². The van der Waals surface area contributed by atoms with Gasteiger partial charge in [0.15, 0.2) is 0 Å². The zero-order valence-corrected chi connectivity index (χ0v) is 12.5. The average molecular weight is 280 g/mol. The molecule has 2 aliphatic rings. The van der Waals surface area contributed by atoms with E-state index in [0.717, 1.165) is 12.2 Å². The van der Waals surface area contributed by atoms with Crippen LogP contribution in [0.2, 0.25) is 0 Å². The number of fused-ring (bicyclic) bond motifs is 1. The lowest BCUT2D eigenvalue weighted by atomic mass is 9.93. The predicted molar refractivity (Wildman–Crippen MR) is 86.5 cm³/mol. The summed E-state index contributed by atoms with van der Waals surface area (Å²) in [6.45, 7) is 4.69. The van der Waals surface area contributed by atoms with Gasteiger partial charge in [0.2, 0.25) is 0 Å². The molecule has 0 aliphatic heterocycles. The van der Waals surface area contributed by atoms with E-state index in [1.54, 1.807) is 0 Å². The van der Waals surface area contributed by atoms with E-state index in [0.29, 0.717) is 6.61 Å². The molecule has 1 aromatic carbocycles. The molecule has 2 nitrogen and oxygen atoms in total. The topological polar surface area (TPSA) is 29.5 Å². The fourth-order valence-corrected chi connectivity index (χ4v) is 3.02. The molecule has 0 aromatic heterocycles. The summed E-state index contributed by atoms with van der Waals surface area (Å²) in [7, 11) is 0. The summed E-state index contributed by atoms with van der Waals surface area (Å²) in [5.41, 5.74) is 7.67. The number of hydrogen-bond donors (Lipinski definition) is 1. The second-order valence-corrected chi connectivity index (χ2v) is 5.54. The Morgan fingerprint density at radius 1 is 1.24 bits per heavy atom. The van der Waals surface area contributed by atoms with Gasteiger partial charge in [-0.1, -0.05) is 35.9 Å². The Kier molecular flexibility index (Phi) is 3.80. The highest BCUT2D eigenvalue weighted by atomic mass is 16.5. The molecular weight excluding hydrogens is 260 g/mol. The zero-order chi connectivity index (χ0) is 14.8. The molecule has 0 spiro atoms. The normalized spacial score (nSPS) is 16.3. The summed E-state index contributed by atoms with van der Waals surface area (Å²) in [6, 6.07) is 8.50. The van der Waals surface area contributed by atoms with Crippen molar-refractivity contribution >= 4 is 11.6 Å². The van der Waals surface area contributed by atoms with E-state index in [1.807, 2.05) is 6.08 Å². The lowest BCUT2D eigenvalue weighted by molar-refractivity contribution is 0.151. The summed E-state index contributed by atoms with van der Waals surface area (Å²) in [4.78, 5) is 0. The van der Waals surface area contributed by atoms with Crippen LogP contribution in [0.15, 0.2) is 58.9 Å². The highest BCUT2D eigenvalue weighted by molar-refractivity contribution is 5.99. The molecule has 2 aliphatic carbocycles. The summed E-state index contributed by atoms with van der Waals surface area (Å²) >= 11 is 0. The molecule has 0 unspecified atom stereocenters. The van der Waals surface area contributed by atoms with Crippen molar-refractivity contribution in [3.05, 3.63) is 70.0 Å². The van der Waals surface area contributed by atoms with Crippen molar-refractivity contribution < 1.29 is 9.84 Å². The van der Waals surface area contributed by atoms with Gasteiger partial charge in [-0.15, -0.1) is 0 Å². The molecule has 108 valence electrons. The first-order valence-electron chi connectivity index (χ1n) is 7.35. The van der Waals surface area contributed by atoms with Gasteiger partial charge in [0, 0.05) is 5.57 Å². The van der Waals surface area contributed by atoms with Crippen molar-refractivity contribution in [3.8, 4) is 0 Å². The van der Waals surface area contributed by atoms with Crippen molar-refractivity contribution in [2.24, 2.45) is 0 Å². The molecule has 3 rings (SSSR count). The van der Waals surface area contributed by atoms with Crippen LogP contribution in [0.25, 0.3) is 11.6 Å². The summed E-state index contributed by atoms with van der Waals surface area (Å²) < 4.78 is 5.68. The number of ether oxygens (including phenoxy) is 1. The van der Waals surface area contributed by atoms with Gasteiger partial charge < -0.3 is 9.84 Å². The maximum absolute atomic E-state index is 8.96. The van der Waals surface area contributed by atoms with E-state index >= 15 is 0 Å². The molecule has 0 heterocycles. The van der Waals surface area contributed by atoms with Crippen LogP contribution < -0.4 is 0 Å². The Labute approximate surface area is 125 Å². The van der Waals surface area contributed by atoms with Gasteiger partial charge >= 0.3 is 0 Å². The Morgan fingerprint density at radius 3 is 2.81 bits per heavy atom. The maximum atomic E-state index is 8.96. The van der Waals surface area contributed by atoms with Crippen LogP contribution in [0.5, 0.6) is 0 Å². The second-order valence-electron chi connectivity index (χ2n) is 5.54. The Balaban J connectivity index is 2.06. The SMILES string of the molecule is CC(C)=C1C(C2=C(OCCO)C=CC2)=Cc2ccccc21. The van der Waals surface area contributed by atoms with Gasteiger partial charge in [-0.2, -0.15) is 0 Å². The molecule has 21 heavy (non-hydrogen) atoms. The molecule has 0 amide bonds. The minimum Gasteiger partial charge on any atom is -0.491 e. The van der Waals surface area contributed by atoms with Crippen molar-refractivity contribution in [1.29, 1.82) is 0 Å². The van der Waals surface area contributed by atoms with E-state index in [9.17, 15) is 0 Å². The third kappa shape index (κ3) is 2.47. The van der Waals surface area contributed by atoms with Gasteiger partial charge in [-0.25, -0.2) is 0 Å². The van der Waals surface area contributed by atoms with Crippen LogP contribution in [0.4, 0.5) is 0 Å². The Morgan fingerprint density at radius 2 is 2.05 bits per heavy atom. The van der Waals surface area contributed by atoms with Gasteiger partial charge in [0.1, 0.15) is 12.4 Å². The number of aliphatic hydroxyl groups is 1. The minimum atomic E-state index is 0.0411. The highest BCUT2D eigenvalue weighted by Gasteiger charge is 2.25. The Hall–Kier alpha value is -2.06. The van der Waals surface area contributed by atoms with Crippen LogP contribution >= 0.6 is 0 Å². The minimum absolute atomic E-state index is 0.0411. The van der Waals surface area contributed by atoms with Crippen molar-refractivity contribution in [2.75, 3.05) is 13.2 Å². The molecule has 0 atom stereocenters. The molecule has 0 bridgehead atoms. The molecular formula is C19H20O2. The smallest absolute Gasteiger partial charge is 0.123 e. The number of aliphatic hydroxyl groups excluding tert-OH is 1. The van der Waals surface area contributed by atoms with Crippen LogP contribution in [0.1, 0.15) is 31.4 Å². The maximum Gasteiger partial charge on any atom is 0.123 e. The van der Waals surface area contributed by atoms with Crippen LogP contribution in [0.3, 0.4) is 0 Å². The van der Waals surface area contributed by atoms with Gasteiger partial charge in [0.05, 0.1) is 6.61 Å². The van der Waals surface area contributed by atoms with E-state index in [2.05, 4.69) is 50.3 Å². The Bertz CT molecular complexity index is 683. The molecule has 1 N–H and O–H groups in total. The van der Waals surface area contributed by atoms with E-state index in [4.69, 9.17) is 9.84 Å². The largest absolute Gasteiger partial charge is 0.491 e. The molecule has 0 saturated carbocycles. The number of hydrogen-bond acceptors (Lipinski definition) is 2. The first-order valence-corrected chi connectivity index (χ1v) is 7.35. The first-order chi connectivity index (χ1) is 10.2. The van der Waals surface area contributed by atoms with E-state index in [1.165, 1.54) is 33.4 Å². The number of benzene rings is 1. The fraction of sp³-hybridized carbons (Fsp3) is 0.263. The average Bonchev–Trinajstić information content (AvgIpc) is 3.08. The molecule has 2 heteroatoms. The molecule has 1 aromatic rings. The monoisotopic (exact) mass is 280 g/mol. The van der Waals surface area contributed by atoms with E-state index < -0.39 is 0 Å². The molecule has 0 radical (unpaired) electrons. The van der Waals surface area contributed by atoms with Crippen LogP contribution in [-0.2, 0) is 4.74 Å². The van der Waals surface area contributed by atoms with E-state index in [-0.39, 0.29) is 6.61 Å². The highest BCUT2D eigenvalue weighted by Crippen LogP contribution is 2.44. The standard InChI is InChI=1S/C19H20O2/c1-13(2)19-15-7-4-3-6-14(15)12-17(19)16-8-5-9-18(16)21-11-10-20/h3-7,9,12,20H,8,10-11H2,1-2H3. The molecule has 0 fully saturated rings. The predicted octanol–water partition coefficient (Wildman–Crippen LogP) is 4.10. The molecule has 0 saturated heterocycles. The van der Waals surface area contributed by atoms with Gasteiger partial charge in [0.25, 0.3) is 0 Å². The number of allylic oxidation sites excluding steroid dienone is 6. The fourth-order valence-electron chi connectivity index (χ4n) is 3.02. The van der Waals surface area contributed by atoms with Crippen molar-refractivity contribution in [3.63, 3.8) is 0 Å². The quantitative estimate of drug-likeness (QED) is 0.899. The zero-order valence-electron chi connectivity index (χ0n) is 12.5. The number of rotatable bonds is 4. The summed E-state index contributed by atoms with van der Waals surface area (Å²) in [5, 5.41) is 8.96. The van der Waals surface area contributed by atoms with Gasteiger partial charge in [-0.05, 0) is 54.7 Å².